The van der Waals surface area contributed by atoms with Crippen LogP contribution in [0.15, 0.2) is 78.4 Å². The van der Waals surface area contributed by atoms with E-state index in [4.69, 9.17) is 6.42 Å². The van der Waals surface area contributed by atoms with Crippen molar-refractivity contribution in [2.45, 2.75) is 53.4 Å². The summed E-state index contributed by atoms with van der Waals surface area (Å²) in [5.41, 5.74) is 7.40. The molecule has 1 unspecified atom stereocenters. The molecule has 2 atom stereocenters. The molecule has 0 aromatic heterocycles. The first-order valence-corrected chi connectivity index (χ1v) is 11.3. The average Bonchev–Trinajstić information content (AvgIpc) is 2.80. The standard InChI is InChI=1S/C31H35N/c1-9-23(7)31(28-16-14-27(15-17-28)21(3)4)30(22(5)6)24(8)18-26(10-2)29-13-11-12-25(19-29)20-32/h1,10-19,21-22,30-31H,7H2,2-6,8H3/b24-18+,26-10+/t30?,31-/m1/s1. The Morgan fingerprint density at radius 2 is 1.66 bits per heavy atom. The van der Waals surface area contributed by atoms with Crippen LogP contribution in [0.4, 0.5) is 0 Å². The number of hydrogen-bond acceptors (Lipinski definition) is 1. The van der Waals surface area contributed by atoms with Crippen molar-refractivity contribution in [1.29, 1.82) is 5.26 Å². The minimum absolute atomic E-state index is 0.0426. The highest BCUT2D eigenvalue weighted by atomic mass is 14.3. The third-order valence-electron chi connectivity index (χ3n) is 6.15. The van der Waals surface area contributed by atoms with E-state index in [0.717, 1.165) is 16.7 Å². The van der Waals surface area contributed by atoms with Gasteiger partial charge in [0, 0.05) is 11.5 Å². The van der Waals surface area contributed by atoms with Gasteiger partial charge in [0.25, 0.3) is 0 Å². The lowest BCUT2D eigenvalue weighted by atomic mass is 9.71. The van der Waals surface area contributed by atoms with E-state index in [1.165, 1.54) is 16.7 Å². The monoisotopic (exact) mass is 421 g/mol. The van der Waals surface area contributed by atoms with Gasteiger partial charge in [0.15, 0.2) is 0 Å². The van der Waals surface area contributed by atoms with E-state index in [2.05, 4.69) is 89.6 Å². The lowest BCUT2D eigenvalue weighted by molar-refractivity contribution is 0.401. The topological polar surface area (TPSA) is 23.8 Å². The molecule has 0 fully saturated rings. The first-order chi connectivity index (χ1) is 15.2. The molecule has 0 amide bonds. The molecule has 2 rings (SSSR count). The molecule has 164 valence electrons. The molecule has 0 aliphatic carbocycles. The Labute approximate surface area is 195 Å². The van der Waals surface area contributed by atoms with Crippen LogP contribution in [0.5, 0.6) is 0 Å². The summed E-state index contributed by atoms with van der Waals surface area (Å²) in [5, 5.41) is 9.29. The first kappa shape index (κ1) is 25.0. The number of benzene rings is 2. The summed E-state index contributed by atoms with van der Waals surface area (Å²) in [4.78, 5) is 0. The Morgan fingerprint density at radius 3 is 2.16 bits per heavy atom. The van der Waals surface area contributed by atoms with E-state index in [1.807, 2.05) is 31.2 Å². The van der Waals surface area contributed by atoms with Gasteiger partial charge >= 0.3 is 0 Å². The van der Waals surface area contributed by atoms with Crippen LogP contribution in [-0.4, -0.2) is 0 Å². The van der Waals surface area contributed by atoms with E-state index < -0.39 is 0 Å². The van der Waals surface area contributed by atoms with Gasteiger partial charge in [-0.05, 0) is 66.0 Å². The second kappa shape index (κ2) is 11.4. The van der Waals surface area contributed by atoms with Crippen molar-refractivity contribution in [3.63, 3.8) is 0 Å². The normalized spacial score (nSPS) is 14.1. The number of nitriles is 1. The van der Waals surface area contributed by atoms with Crippen LogP contribution in [-0.2, 0) is 0 Å². The number of terminal acetylenes is 1. The molecule has 0 spiro atoms. The molecule has 0 saturated carbocycles. The quantitative estimate of drug-likeness (QED) is 0.311. The zero-order valence-corrected chi connectivity index (χ0v) is 20.3. The average molecular weight is 422 g/mol. The molecule has 0 saturated heterocycles. The Bertz CT molecular complexity index is 1080. The molecule has 0 aliphatic heterocycles. The van der Waals surface area contributed by atoms with Crippen molar-refractivity contribution >= 4 is 5.57 Å². The largest absolute Gasteiger partial charge is 0.192 e. The van der Waals surface area contributed by atoms with Gasteiger partial charge in [0.2, 0.25) is 0 Å². The van der Waals surface area contributed by atoms with Crippen LogP contribution in [0.1, 0.15) is 75.6 Å². The third kappa shape index (κ3) is 5.90. The van der Waals surface area contributed by atoms with E-state index in [-0.39, 0.29) is 11.8 Å². The van der Waals surface area contributed by atoms with Crippen molar-refractivity contribution in [2.75, 3.05) is 0 Å². The Morgan fingerprint density at radius 1 is 1.03 bits per heavy atom. The van der Waals surface area contributed by atoms with Crippen LogP contribution in [0.25, 0.3) is 5.57 Å². The lowest BCUT2D eigenvalue weighted by Crippen LogP contribution is -2.21. The van der Waals surface area contributed by atoms with Gasteiger partial charge < -0.3 is 0 Å². The Kier molecular flexibility index (Phi) is 8.87. The maximum absolute atomic E-state index is 9.29. The molecule has 0 bridgehead atoms. The van der Waals surface area contributed by atoms with Crippen LogP contribution >= 0.6 is 0 Å². The van der Waals surface area contributed by atoms with Gasteiger partial charge in [-0.25, -0.2) is 0 Å². The summed E-state index contributed by atoms with van der Waals surface area (Å²) in [7, 11) is 0. The number of nitrogens with zero attached hydrogens (tertiary/aromatic N) is 1. The van der Waals surface area contributed by atoms with E-state index in [1.54, 1.807) is 0 Å². The summed E-state index contributed by atoms with van der Waals surface area (Å²) < 4.78 is 0. The predicted molar refractivity (Wildman–Crippen MR) is 138 cm³/mol. The van der Waals surface area contributed by atoms with Crippen molar-refractivity contribution in [2.24, 2.45) is 11.8 Å². The minimum atomic E-state index is 0.0426. The molecule has 0 radical (unpaired) electrons. The summed E-state index contributed by atoms with van der Waals surface area (Å²) >= 11 is 0. The second-order valence-corrected chi connectivity index (χ2v) is 9.06. The second-order valence-electron chi connectivity index (χ2n) is 9.06. The Hall–Kier alpha value is -3.29. The van der Waals surface area contributed by atoms with Gasteiger partial charge in [0.05, 0.1) is 11.6 Å². The SMILES string of the molecule is C#CC(=C)[C@H](c1ccc(C(C)C)cc1)C(/C(C)=C/C(=C\C)c1cccc(C#N)c1)C(C)C. The van der Waals surface area contributed by atoms with Crippen LogP contribution in [0, 0.1) is 35.5 Å². The minimum Gasteiger partial charge on any atom is -0.192 e. The fourth-order valence-corrected chi connectivity index (χ4v) is 4.42. The van der Waals surface area contributed by atoms with Crippen LogP contribution in [0.2, 0.25) is 0 Å². The molecule has 2 aromatic rings. The van der Waals surface area contributed by atoms with Gasteiger partial charge in [-0.1, -0.05) is 94.3 Å². The lowest BCUT2D eigenvalue weighted by Gasteiger charge is -2.32. The molecule has 2 aromatic carbocycles. The van der Waals surface area contributed by atoms with Gasteiger partial charge in [-0.3, -0.25) is 0 Å². The number of allylic oxidation sites excluding steroid dienone is 5. The highest BCUT2D eigenvalue weighted by molar-refractivity contribution is 5.75. The van der Waals surface area contributed by atoms with Crippen molar-refractivity contribution in [1.82, 2.24) is 0 Å². The van der Waals surface area contributed by atoms with Gasteiger partial charge in [-0.2, -0.15) is 5.26 Å². The highest BCUT2D eigenvalue weighted by Gasteiger charge is 2.29. The number of rotatable bonds is 8. The van der Waals surface area contributed by atoms with Crippen molar-refractivity contribution in [3.8, 4) is 18.4 Å². The van der Waals surface area contributed by atoms with Crippen LogP contribution < -0.4 is 0 Å². The molecule has 0 N–H and O–H groups in total. The molecule has 1 nitrogen and oxygen atoms in total. The smallest absolute Gasteiger partial charge is 0.0991 e. The summed E-state index contributed by atoms with van der Waals surface area (Å²) in [5.74, 6) is 3.94. The maximum atomic E-state index is 9.29. The third-order valence-corrected chi connectivity index (χ3v) is 6.15. The summed E-state index contributed by atoms with van der Waals surface area (Å²) in [6.45, 7) is 17.4. The van der Waals surface area contributed by atoms with E-state index in [9.17, 15) is 5.26 Å². The van der Waals surface area contributed by atoms with E-state index >= 15 is 0 Å². The molecule has 0 heterocycles. The van der Waals surface area contributed by atoms with Crippen molar-refractivity contribution in [3.05, 3.63) is 101 Å². The zero-order chi connectivity index (χ0) is 23.8. The van der Waals surface area contributed by atoms with Crippen molar-refractivity contribution < 1.29 is 0 Å². The van der Waals surface area contributed by atoms with Gasteiger partial charge in [-0.15, -0.1) is 6.42 Å². The van der Waals surface area contributed by atoms with Crippen LogP contribution in [0.3, 0.4) is 0 Å². The first-order valence-electron chi connectivity index (χ1n) is 11.3. The molecular weight excluding hydrogens is 386 g/mol. The fraction of sp³-hybridized carbons (Fsp3) is 0.323. The highest BCUT2D eigenvalue weighted by Crippen LogP contribution is 2.41. The molecule has 1 heteroatoms. The van der Waals surface area contributed by atoms with Gasteiger partial charge in [0.1, 0.15) is 0 Å². The Balaban J connectivity index is 2.54. The number of hydrogen-bond donors (Lipinski definition) is 0. The predicted octanol–water partition coefficient (Wildman–Crippen LogP) is 8.28. The zero-order valence-electron chi connectivity index (χ0n) is 20.3. The fourth-order valence-electron chi connectivity index (χ4n) is 4.42. The summed E-state index contributed by atoms with van der Waals surface area (Å²) in [6, 6.07) is 18.8. The molecule has 0 aliphatic rings. The molecular formula is C31H35N. The maximum Gasteiger partial charge on any atom is 0.0991 e. The van der Waals surface area contributed by atoms with E-state index in [0.29, 0.717) is 17.4 Å². The summed E-state index contributed by atoms with van der Waals surface area (Å²) in [6.07, 6.45) is 10.2. The molecule has 32 heavy (non-hydrogen) atoms.